The number of carbonyl (C=O) groups excluding carboxylic acids is 3. The number of hydrogen-bond acceptors (Lipinski definition) is 5. The predicted molar refractivity (Wildman–Crippen MR) is 126 cm³/mol. The Bertz CT molecular complexity index is 1290. The molecule has 0 bridgehead atoms. The van der Waals surface area contributed by atoms with Crippen LogP contribution in [0.4, 0.5) is 5.69 Å². The number of fused-ring (bicyclic) bond motifs is 1. The molecule has 2 aliphatic heterocycles. The second-order valence-electron chi connectivity index (χ2n) is 7.89. The van der Waals surface area contributed by atoms with Crippen LogP contribution in [0.15, 0.2) is 71.0 Å². The maximum absolute atomic E-state index is 13.0. The largest absolute Gasteiger partial charge is 0.459 e. The Balaban J connectivity index is 1.26. The highest BCUT2D eigenvalue weighted by Gasteiger charge is 2.28. The molecule has 5 rings (SSSR count). The number of benzene rings is 2. The van der Waals surface area contributed by atoms with E-state index >= 15 is 0 Å². The number of halogens is 1. The number of rotatable bonds is 3. The van der Waals surface area contributed by atoms with Gasteiger partial charge in [0.25, 0.3) is 17.7 Å². The van der Waals surface area contributed by atoms with Crippen LogP contribution in [0, 0.1) is 0 Å². The normalized spacial score (nSPS) is 16.6. The van der Waals surface area contributed by atoms with E-state index in [2.05, 4.69) is 5.32 Å². The zero-order valence-electron chi connectivity index (χ0n) is 18.0. The first-order valence-electron chi connectivity index (χ1n) is 10.7. The first-order valence-corrected chi connectivity index (χ1v) is 11.1. The van der Waals surface area contributed by atoms with Gasteiger partial charge in [-0.2, -0.15) is 0 Å². The molecule has 0 aliphatic carbocycles. The van der Waals surface area contributed by atoms with E-state index in [1.54, 1.807) is 64.4 Å². The molecular formula is C25H20ClN3O5. The molecule has 1 aromatic heterocycles. The highest BCUT2D eigenvalue weighted by molar-refractivity contribution is 6.30. The third kappa shape index (κ3) is 4.40. The van der Waals surface area contributed by atoms with E-state index in [-0.39, 0.29) is 23.3 Å². The SMILES string of the molecule is O=C1Nc2cc(C(=O)N3CCN(C(=O)c4ccco4)CC3)ccc2OC1=Cc1cccc(Cl)c1. The third-order valence-electron chi connectivity index (χ3n) is 5.65. The van der Waals surface area contributed by atoms with Gasteiger partial charge in [-0.1, -0.05) is 23.7 Å². The van der Waals surface area contributed by atoms with Gasteiger partial charge in [0, 0.05) is 36.8 Å². The molecule has 0 radical (unpaired) electrons. The second-order valence-corrected chi connectivity index (χ2v) is 8.33. The summed E-state index contributed by atoms with van der Waals surface area (Å²) in [6, 6.07) is 15.3. The lowest BCUT2D eigenvalue weighted by atomic mass is 10.1. The lowest BCUT2D eigenvalue weighted by Gasteiger charge is -2.34. The molecule has 9 heteroatoms. The van der Waals surface area contributed by atoms with Crippen molar-refractivity contribution in [2.24, 2.45) is 0 Å². The van der Waals surface area contributed by atoms with Crippen molar-refractivity contribution in [3.63, 3.8) is 0 Å². The number of piperazine rings is 1. The van der Waals surface area contributed by atoms with E-state index in [9.17, 15) is 14.4 Å². The van der Waals surface area contributed by atoms with E-state index in [0.717, 1.165) is 5.56 Å². The average molecular weight is 478 g/mol. The highest BCUT2D eigenvalue weighted by Crippen LogP contribution is 2.33. The van der Waals surface area contributed by atoms with Gasteiger partial charge in [-0.3, -0.25) is 14.4 Å². The molecule has 1 N–H and O–H groups in total. The molecule has 0 saturated carbocycles. The molecule has 172 valence electrons. The monoisotopic (exact) mass is 477 g/mol. The fourth-order valence-electron chi connectivity index (χ4n) is 3.89. The lowest BCUT2D eigenvalue weighted by molar-refractivity contribution is -0.115. The minimum atomic E-state index is -0.415. The summed E-state index contributed by atoms with van der Waals surface area (Å²) in [6.07, 6.45) is 3.06. The summed E-state index contributed by atoms with van der Waals surface area (Å²) in [5.41, 5.74) is 1.58. The molecule has 34 heavy (non-hydrogen) atoms. The van der Waals surface area contributed by atoms with Crippen molar-refractivity contribution in [2.45, 2.75) is 0 Å². The van der Waals surface area contributed by atoms with Crippen LogP contribution >= 0.6 is 11.6 Å². The van der Waals surface area contributed by atoms with Crippen LogP contribution in [0.1, 0.15) is 26.5 Å². The van der Waals surface area contributed by atoms with E-state index < -0.39 is 5.91 Å². The summed E-state index contributed by atoms with van der Waals surface area (Å²) in [5.74, 6) is 0.0791. The van der Waals surface area contributed by atoms with Crippen molar-refractivity contribution in [1.29, 1.82) is 0 Å². The summed E-state index contributed by atoms with van der Waals surface area (Å²) < 4.78 is 10.9. The molecule has 2 aromatic carbocycles. The van der Waals surface area contributed by atoms with Crippen LogP contribution in [-0.2, 0) is 4.79 Å². The maximum Gasteiger partial charge on any atom is 0.291 e. The van der Waals surface area contributed by atoms with Crippen LogP contribution < -0.4 is 10.1 Å². The molecule has 1 fully saturated rings. The first-order chi connectivity index (χ1) is 16.5. The van der Waals surface area contributed by atoms with Crippen LogP contribution in [0.25, 0.3) is 6.08 Å². The van der Waals surface area contributed by atoms with E-state index in [1.807, 2.05) is 6.07 Å². The molecule has 8 nitrogen and oxygen atoms in total. The van der Waals surface area contributed by atoms with Gasteiger partial charge in [-0.15, -0.1) is 0 Å². The van der Waals surface area contributed by atoms with Gasteiger partial charge in [0.2, 0.25) is 0 Å². The topological polar surface area (TPSA) is 92.1 Å². The molecule has 3 heterocycles. The molecule has 3 amide bonds. The Morgan fingerprint density at radius 1 is 0.941 bits per heavy atom. The number of ether oxygens (including phenoxy) is 1. The summed E-state index contributed by atoms with van der Waals surface area (Å²) in [4.78, 5) is 41.4. The van der Waals surface area contributed by atoms with Crippen LogP contribution in [-0.4, -0.2) is 53.7 Å². The van der Waals surface area contributed by atoms with Crippen molar-refractivity contribution < 1.29 is 23.5 Å². The Morgan fingerprint density at radius 3 is 2.41 bits per heavy atom. The maximum atomic E-state index is 13.0. The van der Waals surface area contributed by atoms with Gasteiger partial charge in [0.05, 0.1) is 12.0 Å². The number of amides is 3. The van der Waals surface area contributed by atoms with E-state index in [0.29, 0.717) is 48.2 Å². The molecule has 0 atom stereocenters. The van der Waals surface area contributed by atoms with Crippen molar-refractivity contribution in [3.05, 3.63) is 88.5 Å². The summed E-state index contributed by atoms with van der Waals surface area (Å²) in [7, 11) is 0. The van der Waals surface area contributed by atoms with E-state index in [4.69, 9.17) is 20.8 Å². The van der Waals surface area contributed by atoms with Crippen LogP contribution in [0.3, 0.4) is 0 Å². The van der Waals surface area contributed by atoms with Crippen molar-refractivity contribution in [1.82, 2.24) is 9.80 Å². The minimum Gasteiger partial charge on any atom is -0.459 e. The van der Waals surface area contributed by atoms with Gasteiger partial charge in [-0.05, 0) is 54.1 Å². The third-order valence-corrected chi connectivity index (χ3v) is 5.89. The summed E-state index contributed by atoms with van der Waals surface area (Å²) in [6.45, 7) is 1.62. The molecule has 3 aromatic rings. The van der Waals surface area contributed by atoms with Crippen molar-refractivity contribution in [2.75, 3.05) is 31.5 Å². The molecule has 0 spiro atoms. The summed E-state index contributed by atoms with van der Waals surface area (Å²) >= 11 is 6.01. The molecule has 1 saturated heterocycles. The van der Waals surface area contributed by atoms with Gasteiger partial charge in [0.1, 0.15) is 0 Å². The number of nitrogens with zero attached hydrogens (tertiary/aromatic N) is 2. The number of anilines is 1. The lowest BCUT2D eigenvalue weighted by Crippen LogP contribution is -2.50. The number of carbonyl (C=O) groups is 3. The van der Waals surface area contributed by atoms with Crippen molar-refractivity contribution in [3.8, 4) is 5.75 Å². The smallest absolute Gasteiger partial charge is 0.291 e. The van der Waals surface area contributed by atoms with Gasteiger partial charge in [0.15, 0.2) is 17.3 Å². The van der Waals surface area contributed by atoms with E-state index in [1.165, 1.54) is 6.26 Å². The summed E-state index contributed by atoms with van der Waals surface area (Å²) in [5, 5.41) is 3.34. The average Bonchev–Trinajstić information content (AvgIpc) is 3.39. The zero-order chi connectivity index (χ0) is 23.7. The van der Waals surface area contributed by atoms with Crippen LogP contribution in [0.2, 0.25) is 5.02 Å². The number of nitrogens with one attached hydrogen (secondary N) is 1. The molecule has 2 aliphatic rings. The first kappa shape index (κ1) is 21.8. The quantitative estimate of drug-likeness (QED) is 0.577. The van der Waals surface area contributed by atoms with Gasteiger partial charge in [-0.25, -0.2) is 0 Å². The van der Waals surface area contributed by atoms with Crippen molar-refractivity contribution >= 4 is 41.1 Å². The predicted octanol–water partition coefficient (Wildman–Crippen LogP) is 3.90. The zero-order valence-corrected chi connectivity index (χ0v) is 18.7. The second kappa shape index (κ2) is 9.07. The van der Waals surface area contributed by atoms with Crippen LogP contribution in [0.5, 0.6) is 5.75 Å². The molecular weight excluding hydrogens is 458 g/mol. The number of furan rings is 1. The molecule has 0 unspecified atom stereocenters. The standard InChI is InChI=1S/C25H20ClN3O5/c26-18-4-1-3-16(13-18)14-22-23(30)27-19-15-17(6-7-20(19)34-22)24(31)28-8-10-29(11-9-28)25(32)21-5-2-12-33-21/h1-7,12-15H,8-11H2,(H,27,30). The number of hydrogen-bond donors (Lipinski definition) is 1. The Morgan fingerprint density at radius 2 is 1.71 bits per heavy atom. The highest BCUT2D eigenvalue weighted by atomic mass is 35.5. The Kier molecular flexibility index (Phi) is 5.81. The van der Waals surface area contributed by atoms with Gasteiger partial charge < -0.3 is 24.3 Å². The Labute approximate surface area is 200 Å². The Hall–Kier alpha value is -4.04. The fraction of sp³-hybridized carbons (Fsp3) is 0.160. The van der Waals surface area contributed by atoms with Gasteiger partial charge >= 0.3 is 0 Å². The minimum absolute atomic E-state index is 0.131. The fourth-order valence-corrected chi connectivity index (χ4v) is 4.09.